The highest BCUT2D eigenvalue weighted by Gasteiger charge is 2.36. The lowest BCUT2D eigenvalue weighted by atomic mass is 9.76. The molecule has 1 unspecified atom stereocenters. The topological polar surface area (TPSA) is 59.4 Å². The van der Waals surface area contributed by atoms with E-state index in [1.807, 2.05) is 6.34 Å². The Hall–Kier alpha value is -2.43. The standard InChI is InChI=1S/C17H18N4O/c1-22-16-9-18-8-15(21-16)13-4-2-3-12-5-6-17(7-14(12)13)10-19-11-20-17/h2-4,8-9,11H,5-7,10H2,1H3,(H,19,20). The summed E-state index contributed by atoms with van der Waals surface area (Å²) in [5.74, 6) is 0.544. The number of fused-ring (bicyclic) bond motifs is 1. The molecule has 5 heteroatoms. The van der Waals surface area contributed by atoms with Crippen molar-refractivity contribution in [3.8, 4) is 17.1 Å². The number of methoxy groups -OCH3 is 1. The van der Waals surface area contributed by atoms with Crippen LogP contribution in [0.25, 0.3) is 11.3 Å². The van der Waals surface area contributed by atoms with Crippen LogP contribution in [0.4, 0.5) is 0 Å². The number of rotatable bonds is 2. The third-order valence-corrected chi connectivity index (χ3v) is 4.61. The third kappa shape index (κ3) is 2.13. The smallest absolute Gasteiger partial charge is 0.232 e. The molecular formula is C17H18N4O. The first-order chi connectivity index (χ1) is 10.8. The highest BCUT2D eigenvalue weighted by atomic mass is 16.5. The van der Waals surface area contributed by atoms with Crippen molar-refractivity contribution in [2.45, 2.75) is 24.8 Å². The highest BCUT2D eigenvalue weighted by Crippen LogP contribution is 2.36. The molecule has 0 saturated heterocycles. The number of hydrogen-bond acceptors (Lipinski definition) is 5. The summed E-state index contributed by atoms with van der Waals surface area (Å²) in [5, 5.41) is 3.46. The van der Waals surface area contributed by atoms with Crippen LogP contribution in [0, 0.1) is 0 Å². The molecule has 1 spiro atoms. The molecule has 112 valence electrons. The van der Waals surface area contributed by atoms with Crippen LogP contribution in [-0.4, -0.2) is 35.5 Å². The lowest BCUT2D eigenvalue weighted by Crippen LogP contribution is -2.48. The minimum absolute atomic E-state index is 0.0788. The van der Waals surface area contributed by atoms with Gasteiger partial charge in [0, 0.05) is 5.56 Å². The molecule has 0 bridgehead atoms. The Labute approximate surface area is 129 Å². The van der Waals surface area contributed by atoms with Crippen molar-refractivity contribution >= 4 is 6.34 Å². The summed E-state index contributed by atoms with van der Waals surface area (Å²) in [6.07, 6.45) is 8.44. The van der Waals surface area contributed by atoms with Gasteiger partial charge in [-0.3, -0.25) is 9.98 Å². The first-order valence-corrected chi connectivity index (χ1v) is 7.53. The molecule has 5 nitrogen and oxygen atoms in total. The van der Waals surface area contributed by atoms with E-state index in [1.54, 1.807) is 19.5 Å². The molecule has 1 N–H and O–H groups in total. The Kier molecular flexibility index (Phi) is 3.06. The minimum Gasteiger partial charge on any atom is -0.480 e. The Balaban J connectivity index is 1.78. The molecule has 1 aromatic carbocycles. The molecule has 1 atom stereocenters. The summed E-state index contributed by atoms with van der Waals surface area (Å²) < 4.78 is 5.21. The van der Waals surface area contributed by atoms with Gasteiger partial charge in [-0.1, -0.05) is 18.2 Å². The van der Waals surface area contributed by atoms with Gasteiger partial charge < -0.3 is 10.1 Å². The van der Waals surface area contributed by atoms with Crippen molar-refractivity contribution in [1.29, 1.82) is 0 Å². The second kappa shape index (κ2) is 5.09. The number of nitrogens with zero attached hydrogens (tertiary/aromatic N) is 3. The number of ether oxygens (including phenoxy) is 1. The molecule has 22 heavy (non-hydrogen) atoms. The van der Waals surface area contributed by atoms with E-state index in [9.17, 15) is 0 Å². The molecule has 1 aromatic heterocycles. The number of aryl methyl sites for hydroxylation is 1. The molecule has 0 fully saturated rings. The Morgan fingerprint density at radius 2 is 2.23 bits per heavy atom. The van der Waals surface area contributed by atoms with Crippen molar-refractivity contribution in [2.24, 2.45) is 4.99 Å². The van der Waals surface area contributed by atoms with Gasteiger partial charge in [-0.25, -0.2) is 4.98 Å². The van der Waals surface area contributed by atoms with Gasteiger partial charge in [-0.2, -0.15) is 0 Å². The first kappa shape index (κ1) is 13.2. The van der Waals surface area contributed by atoms with E-state index in [0.717, 1.165) is 37.1 Å². The van der Waals surface area contributed by atoms with Gasteiger partial charge in [0.1, 0.15) is 0 Å². The zero-order valence-electron chi connectivity index (χ0n) is 12.5. The van der Waals surface area contributed by atoms with E-state index in [1.165, 1.54) is 11.1 Å². The lowest BCUT2D eigenvalue weighted by molar-refractivity contribution is 0.364. The van der Waals surface area contributed by atoms with Gasteiger partial charge in [0.15, 0.2) is 0 Å². The predicted molar refractivity (Wildman–Crippen MR) is 85.3 cm³/mol. The summed E-state index contributed by atoms with van der Waals surface area (Å²) >= 11 is 0. The second-order valence-corrected chi connectivity index (χ2v) is 5.96. The first-order valence-electron chi connectivity index (χ1n) is 7.53. The molecular weight excluding hydrogens is 276 g/mol. The second-order valence-electron chi connectivity index (χ2n) is 5.96. The maximum Gasteiger partial charge on any atom is 0.232 e. The molecule has 2 aromatic rings. The lowest BCUT2D eigenvalue weighted by Gasteiger charge is -2.35. The fourth-order valence-electron chi connectivity index (χ4n) is 3.40. The minimum atomic E-state index is 0.0788. The van der Waals surface area contributed by atoms with Gasteiger partial charge in [-0.05, 0) is 30.4 Å². The summed E-state index contributed by atoms with van der Waals surface area (Å²) in [6, 6.07) is 6.44. The largest absolute Gasteiger partial charge is 0.480 e. The van der Waals surface area contributed by atoms with Gasteiger partial charge in [0.25, 0.3) is 0 Å². The highest BCUT2D eigenvalue weighted by molar-refractivity contribution is 5.67. The molecule has 4 rings (SSSR count). The normalized spacial score (nSPS) is 22.4. The van der Waals surface area contributed by atoms with Crippen LogP contribution in [-0.2, 0) is 12.8 Å². The van der Waals surface area contributed by atoms with Crippen LogP contribution in [0.5, 0.6) is 5.88 Å². The predicted octanol–water partition coefficient (Wildman–Crippen LogP) is 2.01. The van der Waals surface area contributed by atoms with Crippen LogP contribution in [0.1, 0.15) is 17.5 Å². The maximum atomic E-state index is 5.21. The molecule has 1 aliphatic heterocycles. The van der Waals surface area contributed by atoms with Gasteiger partial charge in [-0.15, -0.1) is 0 Å². The summed E-state index contributed by atoms with van der Waals surface area (Å²) in [5.41, 5.74) is 4.86. The van der Waals surface area contributed by atoms with E-state index in [-0.39, 0.29) is 5.54 Å². The number of hydrogen-bond donors (Lipinski definition) is 1. The number of aromatic nitrogens is 2. The van der Waals surface area contributed by atoms with Crippen LogP contribution in [0.2, 0.25) is 0 Å². The summed E-state index contributed by atoms with van der Waals surface area (Å²) in [4.78, 5) is 13.2. The molecule has 2 heterocycles. The molecule has 0 saturated carbocycles. The van der Waals surface area contributed by atoms with Gasteiger partial charge >= 0.3 is 0 Å². The fraction of sp³-hybridized carbons (Fsp3) is 0.353. The van der Waals surface area contributed by atoms with Crippen LogP contribution in [0.15, 0.2) is 35.6 Å². The van der Waals surface area contributed by atoms with Crippen LogP contribution in [0.3, 0.4) is 0 Å². The zero-order valence-corrected chi connectivity index (χ0v) is 12.5. The van der Waals surface area contributed by atoms with E-state index < -0.39 is 0 Å². The number of nitrogens with one attached hydrogen (secondary N) is 1. The van der Waals surface area contributed by atoms with E-state index in [4.69, 9.17) is 4.74 Å². The average Bonchev–Trinajstić information content (AvgIpc) is 3.02. The van der Waals surface area contributed by atoms with Crippen molar-refractivity contribution < 1.29 is 4.74 Å². The maximum absolute atomic E-state index is 5.21. The van der Waals surface area contributed by atoms with Crippen molar-refractivity contribution in [1.82, 2.24) is 15.3 Å². The Bertz CT molecular complexity index is 733. The Morgan fingerprint density at radius 3 is 3.05 bits per heavy atom. The molecule has 0 radical (unpaired) electrons. The van der Waals surface area contributed by atoms with Crippen molar-refractivity contribution in [2.75, 3.05) is 13.7 Å². The summed E-state index contributed by atoms with van der Waals surface area (Å²) in [6.45, 7) is 0.852. The van der Waals surface area contributed by atoms with E-state index in [2.05, 4.69) is 38.5 Å². The molecule has 2 aliphatic rings. The third-order valence-electron chi connectivity index (χ3n) is 4.61. The quantitative estimate of drug-likeness (QED) is 0.920. The molecule has 1 aliphatic carbocycles. The summed E-state index contributed by atoms with van der Waals surface area (Å²) in [7, 11) is 1.61. The fourth-order valence-corrected chi connectivity index (χ4v) is 3.40. The SMILES string of the molecule is COc1cncc(-c2cccc3c2CC2(CC3)CN=CN2)n1. The monoisotopic (exact) mass is 294 g/mol. The van der Waals surface area contributed by atoms with Gasteiger partial charge in [0.05, 0.1) is 43.6 Å². The van der Waals surface area contributed by atoms with E-state index in [0.29, 0.717) is 5.88 Å². The van der Waals surface area contributed by atoms with Crippen molar-refractivity contribution in [3.05, 3.63) is 41.7 Å². The van der Waals surface area contributed by atoms with Crippen LogP contribution >= 0.6 is 0 Å². The number of aliphatic imine (C=N–C) groups is 1. The Morgan fingerprint density at radius 1 is 1.27 bits per heavy atom. The average molecular weight is 294 g/mol. The van der Waals surface area contributed by atoms with Crippen LogP contribution < -0.4 is 10.1 Å². The van der Waals surface area contributed by atoms with Crippen molar-refractivity contribution in [3.63, 3.8) is 0 Å². The van der Waals surface area contributed by atoms with Gasteiger partial charge in [0.2, 0.25) is 5.88 Å². The van der Waals surface area contributed by atoms with E-state index >= 15 is 0 Å². The number of benzene rings is 1. The zero-order chi connectivity index (χ0) is 15.0. The molecule has 0 amide bonds.